The van der Waals surface area contributed by atoms with Crippen molar-refractivity contribution in [3.8, 4) is 0 Å². The van der Waals surface area contributed by atoms with Gasteiger partial charge in [0.2, 0.25) is 5.82 Å². The van der Waals surface area contributed by atoms with Crippen LogP contribution in [0.15, 0.2) is 21.9 Å². The van der Waals surface area contributed by atoms with Crippen LogP contribution in [0.2, 0.25) is 0 Å². The summed E-state index contributed by atoms with van der Waals surface area (Å²) in [6.45, 7) is 3.92. The molecule has 0 bridgehead atoms. The molecule has 122 valence electrons. The third kappa shape index (κ3) is 2.71. The lowest BCUT2D eigenvalue weighted by Gasteiger charge is -2.06. The van der Waals surface area contributed by atoms with E-state index < -0.39 is 17.6 Å². The molecule has 0 spiro atoms. The molecule has 0 amide bonds. The molecule has 0 aliphatic rings. The van der Waals surface area contributed by atoms with Gasteiger partial charge in [-0.1, -0.05) is 19.0 Å². The minimum Gasteiger partial charge on any atom is -0.364 e. The number of hydrogen-bond acceptors (Lipinski definition) is 5. The highest BCUT2D eigenvalue weighted by molar-refractivity contribution is 5.69. The van der Waals surface area contributed by atoms with Crippen molar-refractivity contribution < 1.29 is 17.7 Å². The number of alkyl halides is 3. The van der Waals surface area contributed by atoms with Crippen molar-refractivity contribution in [1.29, 1.82) is 0 Å². The Labute approximate surface area is 127 Å². The molecule has 3 heterocycles. The monoisotopic (exact) mass is 327 g/mol. The zero-order valence-electron chi connectivity index (χ0n) is 12.2. The highest BCUT2D eigenvalue weighted by Gasteiger charge is 2.35. The van der Waals surface area contributed by atoms with Gasteiger partial charge in [0.25, 0.3) is 5.56 Å². The van der Waals surface area contributed by atoms with Gasteiger partial charge in [-0.05, 0) is 5.92 Å². The Bertz CT molecular complexity index is 906. The Kier molecular flexibility index (Phi) is 3.46. The van der Waals surface area contributed by atoms with E-state index in [1.54, 1.807) is 0 Å². The van der Waals surface area contributed by atoms with Crippen LogP contribution >= 0.6 is 0 Å². The molecule has 3 aromatic heterocycles. The molecular weight excluding hydrogens is 315 g/mol. The van der Waals surface area contributed by atoms with Crippen LogP contribution < -0.4 is 5.56 Å². The SMILES string of the molecule is CC(C)c1nocc1Cn1cnc2nc(C(F)(F)F)[nH]c2c1=O. The predicted octanol–water partition coefficient (Wildman–Crippen LogP) is 2.30. The number of nitrogens with zero attached hydrogens (tertiary/aromatic N) is 4. The van der Waals surface area contributed by atoms with Gasteiger partial charge >= 0.3 is 6.18 Å². The van der Waals surface area contributed by atoms with Gasteiger partial charge in [-0.2, -0.15) is 13.2 Å². The maximum Gasteiger partial charge on any atom is 0.449 e. The summed E-state index contributed by atoms with van der Waals surface area (Å²) < 4.78 is 44.0. The third-order valence-corrected chi connectivity index (χ3v) is 3.31. The van der Waals surface area contributed by atoms with Crippen molar-refractivity contribution in [2.75, 3.05) is 0 Å². The lowest BCUT2D eigenvalue weighted by Crippen LogP contribution is -2.21. The summed E-state index contributed by atoms with van der Waals surface area (Å²) in [4.78, 5) is 21.4. The zero-order chi connectivity index (χ0) is 16.8. The van der Waals surface area contributed by atoms with Crippen LogP contribution in [0.3, 0.4) is 0 Å². The highest BCUT2D eigenvalue weighted by atomic mass is 19.4. The summed E-state index contributed by atoms with van der Waals surface area (Å²) in [5.41, 5.74) is 0.139. The van der Waals surface area contributed by atoms with E-state index in [-0.39, 0.29) is 23.6 Å². The Hall–Kier alpha value is -2.65. The first kappa shape index (κ1) is 15.3. The van der Waals surface area contributed by atoms with E-state index in [2.05, 4.69) is 15.1 Å². The molecule has 1 N–H and O–H groups in total. The van der Waals surface area contributed by atoms with Gasteiger partial charge in [-0.25, -0.2) is 9.97 Å². The molecular formula is C13H12F3N5O2. The second-order valence-electron chi connectivity index (χ2n) is 5.34. The summed E-state index contributed by atoms with van der Waals surface area (Å²) in [5.74, 6) is -1.16. The molecule has 0 aromatic carbocycles. The number of aromatic amines is 1. The van der Waals surface area contributed by atoms with E-state index in [0.29, 0.717) is 11.3 Å². The number of imidazole rings is 1. The first-order valence-corrected chi connectivity index (χ1v) is 6.73. The first-order chi connectivity index (χ1) is 10.8. The van der Waals surface area contributed by atoms with E-state index >= 15 is 0 Å². The molecule has 3 rings (SSSR count). The van der Waals surface area contributed by atoms with Crippen LogP contribution in [0.5, 0.6) is 0 Å². The van der Waals surface area contributed by atoms with Crippen molar-refractivity contribution in [2.45, 2.75) is 32.5 Å². The fourth-order valence-electron chi connectivity index (χ4n) is 2.22. The Morgan fingerprint density at radius 2 is 2.13 bits per heavy atom. The van der Waals surface area contributed by atoms with Crippen molar-refractivity contribution >= 4 is 11.2 Å². The molecule has 0 saturated carbocycles. The standard InChI is InChI=1S/C13H12F3N5O2/c1-6(2)8-7(4-23-20-8)3-21-5-17-10-9(11(21)22)18-12(19-10)13(14,15)16/h4-6H,3H2,1-2H3,(H,18,19). The van der Waals surface area contributed by atoms with E-state index in [9.17, 15) is 18.0 Å². The second-order valence-corrected chi connectivity index (χ2v) is 5.34. The Morgan fingerprint density at radius 3 is 2.78 bits per heavy atom. The molecule has 0 saturated heterocycles. The van der Waals surface area contributed by atoms with Crippen LogP contribution in [0.4, 0.5) is 13.2 Å². The highest BCUT2D eigenvalue weighted by Crippen LogP contribution is 2.27. The minimum atomic E-state index is -4.67. The molecule has 0 radical (unpaired) electrons. The summed E-state index contributed by atoms with van der Waals surface area (Å²) >= 11 is 0. The predicted molar refractivity (Wildman–Crippen MR) is 72.8 cm³/mol. The molecule has 3 aromatic rings. The second kappa shape index (κ2) is 5.21. The van der Waals surface area contributed by atoms with Crippen molar-refractivity contribution in [2.24, 2.45) is 0 Å². The summed E-state index contributed by atoms with van der Waals surface area (Å²) in [7, 11) is 0. The van der Waals surface area contributed by atoms with E-state index in [1.165, 1.54) is 10.8 Å². The van der Waals surface area contributed by atoms with Crippen molar-refractivity contribution in [3.05, 3.63) is 40.0 Å². The first-order valence-electron chi connectivity index (χ1n) is 6.73. The Balaban J connectivity index is 2.04. The largest absolute Gasteiger partial charge is 0.449 e. The fourth-order valence-corrected chi connectivity index (χ4v) is 2.22. The summed E-state index contributed by atoms with van der Waals surface area (Å²) in [5, 5.41) is 3.86. The van der Waals surface area contributed by atoms with Gasteiger partial charge in [0.15, 0.2) is 11.2 Å². The van der Waals surface area contributed by atoms with E-state index in [4.69, 9.17) is 4.52 Å². The van der Waals surface area contributed by atoms with E-state index in [0.717, 1.165) is 6.33 Å². The van der Waals surface area contributed by atoms with Crippen molar-refractivity contribution in [3.63, 3.8) is 0 Å². The Morgan fingerprint density at radius 1 is 1.39 bits per heavy atom. The normalized spacial score (nSPS) is 12.4. The number of hydrogen-bond donors (Lipinski definition) is 1. The van der Waals surface area contributed by atoms with Crippen LogP contribution in [-0.2, 0) is 12.7 Å². The number of rotatable bonds is 3. The van der Waals surface area contributed by atoms with Crippen LogP contribution in [0, 0.1) is 0 Å². The van der Waals surface area contributed by atoms with Crippen molar-refractivity contribution in [1.82, 2.24) is 24.7 Å². The van der Waals surface area contributed by atoms with Crippen LogP contribution in [0.1, 0.15) is 36.8 Å². The number of H-pyrrole nitrogens is 1. The molecule has 0 atom stereocenters. The number of fused-ring (bicyclic) bond motifs is 1. The molecule has 0 unspecified atom stereocenters. The maximum atomic E-state index is 12.7. The minimum absolute atomic E-state index is 0.0835. The summed E-state index contributed by atoms with van der Waals surface area (Å²) in [6, 6.07) is 0. The number of aromatic nitrogens is 5. The fraction of sp³-hybridized carbons (Fsp3) is 0.385. The summed E-state index contributed by atoms with van der Waals surface area (Å²) in [6.07, 6.45) is -2.11. The lowest BCUT2D eigenvalue weighted by atomic mass is 10.1. The quantitative estimate of drug-likeness (QED) is 0.797. The molecule has 0 fully saturated rings. The van der Waals surface area contributed by atoms with E-state index in [1.807, 2.05) is 18.8 Å². The van der Waals surface area contributed by atoms with Gasteiger partial charge in [-0.15, -0.1) is 0 Å². The molecule has 0 aliphatic carbocycles. The molecule has 10 heteroatoms. The number of halogens is 3. The van der Waals surface area contributed by atoms with Crippen LogP contribution in [0.25, 0.3) is 11.2 Å². The topological polar surface area (TPSA) is 89.6 Å². The average molecular weight is 327 g/mol. The number of nitrogens with one attached hydrogen (secondary N) is 1. The van der Waals surface area contributed by atoms with Gasteiger partial charge in [0, 0.05) is 5.56 Å². The smallest absolute Gasteiger partial charge is 0.364 e. The molecule has 23 heavy (non-hydrogen) atoms. The zero-order valence-corrected chi connectivity index (χ0v) is 12.2. The molecule has 0 aliphatic heterocycles. The van der Waals surface area contributed by atoms with Gasteiger partial charge in [0.1, 0.15) is 12.6 Å². The third-order valence-electron chi connectivity index (χ3n) is 3.31. The van der Waals surface area contributed by atoms with Gasteiger partial charge in [-0.3, -0.25) is 9.36 Å². The van der Waals surface area contributed by atoms with Crippen LogP contribution in [-0.4, -0.2) is 24.7 Å². The van der Waals surface area contributed by atoms with Gasteiger partial charge < -0.3 is 9.51 Å². The lowest BCUT2D eigenvalue weighted by molar-refractivity contribution is -0.144. The maximum absolute atomic E-state index is 12.7. The molecule has 7 nitrogen and oxygen atoms in total. The van der Waals surface area contributed by atoms with Gasteiger partial charge in [0.05, 0.1) is 12.2 Å². The average Bonchev–Trinajstić information content (AvgIpc) is 3.08.